The standard InChI is InChI=1S/C47H40/c1-29(2)43(42-28-47(42,3)4)46-32-18-9-8-17-31(32)27-41-33-23-14-24-35(34(33)25-26-40(41)46)45-38-21-12-10-19-36(38)44(30-15-6-5-7-16-30)37-20-11-13-22-39(37)45/h5-27,29,42-43H,28H2,1-4H3/t42-,43?/m0/s1. The zero-order chi connectivity index (χ0) is 31.9. The van der Waals surface area contributed by atoms with Gasteiger partial charge in [-0.05, 0) is 117 Å². The first-order chi connectivity index (χ1) is 22.9. The van der Waals surface area contributed by atoms with Crippen molar-refractivity contribution in [2.45, 2.75) is 40.0 Å². The molecule has 47 heavy (non-hydrogen) atoms. The van der Waals surface area contributed by atoms with Crippen LogP contribution in [0.4, 0.5) is 0 Å². The predicted molar refractivity (Wildman–Crippen MR) is 204 cm³/mol. The van der Waals surface area contributed by atoms with Crippen LogP contribution in [0.1, 0.15) is 45.6 Å². The largest absolute Gasteiger partial charge is 0.0622 e. The van der Waals surface area contributed by atoms with E-state index in [2.05, 4.69) is 167 Å². The molecule has 9 rings (SSSR count). The summed E-state index contributed by atoms with van der Waals surface area (Å²) in [6.45, 7) is 9.78. The SMILES string of the molecule is CC(C)C(c1c2ccccc2cc2c1ccc1c(-c3c4ccccc4c(-c4ccccc4)c4ccccc34)cccc12)[C@@H]1CC1(C)C. The van der Waals surface area contributed by atoms with Crippen LogP contribution in [0.25, 0.3) is 76.1 Å². The van der Waals surface area contributed by atoms with Crippen molar-refractivity contribution in [2.75, 3.05) is 0 Å². The Morgan fingerprint density at radius 2 is 1.02 bits per heavy atom. The fourth-order valence-electron chi connectivity index (χ4n) is 8.97. The van der Waals surface area contributed by atoms with Crippen molar-refractivity contribution < 1.29 is 0 Å². The second-order valence-corrected chi connectivity index (χ2v) is 14.8. The first kappa shape index (κ1) is 28.3. The van der Waals surface area contributed by atoms with Gasteiger partial charge in [0.15, 0.2) is 0 Å². The van der Waals surface area contributed by atoms with Crippen LogP contribution in [0, 0.1) is 17.3 Å². The zero-order valence-corrected chi connectivity index (χ0v) is 27.7. The van der Waals surface area contributed by atoms with E-state index < -0.39 is 0 Å². The summed E-state index contributed by atoms with van der Waals surface area (Å²) in [6.07, 6.45) is 1.30. The molecule has 0 amide bonds. The van der Waals surface area contributed by atoms with E-state index in [0.29, 0.717) is 23.2 Å². The van der Waals surface area contributed by atoms with Crippen molar-refractivity contribution in [2.24, 2.45) is 17.3 Å². The molecule has 0 nitrogen and oxygen atoms in total. The van der Waals surface area contributed by atoms with Gasteiger partial charge in [0.05, 0.1) is 0 Å². The van der Waals surface area contributed by atoms with Crippen molar-refractivity contribution in [3.63, 3.8) is 0 Å². The van der Waals surface area contributed by atoms with Gasteiger partial charge in [-0.2, -0.15) is 0 Å². The molecule has 0 radical (unpaired) electrons. The van der Waals surface area contributed by atoms with Gasteiger partial charge in [-0.3, -0.25) is 0 Å². The third-order valence-electron chi connectivity index (χ3n) is 11.3. The molecule has 0 saturated heterocycles. The van der Waals surface area contributed by atoms with Gasteiger partial charge in [-0.25, -0.2) is 0 Å². The second kappa shape index (κ2) is 10.5. The lowest BCUT2D eigenvalue weighted by Gasteiger charge is -2.27. The third-order valence-corrected chi connectivity index (χ3v) is 11.3. The Morgan fingerprint density at radius 3 is 1.64 bits per heavy atom. The molecular weight excluding hydrogens is 565 g/mol. The lowest BCUT2D eigenvalue weighted by Crippen LogP contribution is -2.13. The van der Waals surface area contributed by atoms with Crippen LogP contribution in [0.3, 0.4) is 0 Å². The molecule has 1 saturated carbocycles. The predicted octanol–water partition coefficient (Wildman–Crippen LogP) is 13.6. The monoisotopic (exact) mass is 604 g/mol. The van der Waals surface area contributed by atoms with Gasteiger partial charge in [0.2, 0.25) is 0 Å². The summed E-state index contributed by atoms with van der Waals surface area (Å²) in [4.78, 5) is 0. The van der Waals surface area contributed by atoms with E-state index in [4.69, 9.17) is 0 Å². The molecule has 0 N–H and O–H groups in total. The highest BCUT2D eigenvalue weighted by Crippen LogP contribution is 2.62. The van der Waals surface area contributed by atoms with Gasteiger partial charge >= 0.3 is 0 Å². The lowest BCUT2D eigenvalue weighted by molar-refractivity contribution is 0.398. The van der Waals surface area contributed by atoms with E-state index in [-0.39, 0.29) is 0 Å². The Bertz CT molecular complexity index is 2440. The van der Waals surface area contributed by atoms with Crippen molar-refractivity contribution in [3.8, 4) is 22.3 Å². The van der Waals surface area contributed by atoms with E-state index in [9.17, 15) is 0 Å². The summed E-state index contributed by atoms with van der Waals surface area (Å²) in [5.74, 6) is 1.80. The van der Waals surface area contributed by atoms with Crippen molar-refractivity contribution in [3.05, 3.63) is 145 Å². The molecule has 0 aromatic heterocycles. The number of fused-ring (bicyclic) bond motifs is 6. The first-order valence-electron chi connectivity index (χ1n) is 17.3. The fourth-order valence-corrected chi connectivity index (χ4v) is 8.97. The van der Waals surface area contributed by atoms with Crippen LogP contribution >= 0.6 is 0 Å². The van der Waals surface area contributed by atoms with E-state index >= 15 is 0 Å². The Labute approximate surface area is 277 Å². The van der Waals surface area contributed by atoms with Gasteiger partial charge in [0.25, 0.3) is 0 Å². The average Bonchev–Trinajstić information content (AvgIpc) is 3.73. The molecule has 8 aromatic carbocycles. The normalized spacial score (nSPS) is 16.5. The molecule has 8 aromatic rings. The summed E-state index contributed by atoms with van der Waals surface area (Å²) in [5.41, 5.74) is 7.14. The number of rotatable bonds is 5. The highest BCUT2D eigenvalue weighted by Gasteiger charge is 2.51. The van der Waals surface area contributed by atoms with E-state index in [1.54, 1.807) is 5.56 Å². The quantitative estimate of drug-likeness (QED) is 0.135. The van der Waals surface area contributed by atoms with E-state index in [1.165, 1.54) is 82.5 Å². The van der Waals surface area contributed by atoms with Gasteiger partial charge in [0, 0.05) is 0 Å². The summed E-state index contributed by atoms with van der Waals surface area (Å²) < 4.78 is 0. The smallest absolute Gasteiger partial charge is 0.00201 e. The molecule has 1 fully saturated rings. The second-order valence-electron chi connectivity index (χ2n) is 14.8. The van der Waals surface area contributed by atoms with Crippen LogP contribution < -0.4 is 0 Å². The first-order valence-corrected chi connectivity index (χ1v) is 17.3. The molecule has 0 heteroatoms. The molecule has 0 heterocycles. The average molecular weight is 605 g/mol. The number of hydrogen-bond donors (Lipinski definition) is 0. The minimum absolute atomic E-state index is 0.399. The zero-order valence-electron chi connectivity index (χ0n) is 27.7. The molecule has 228 valence electrons. The molecule has 1 unspecified atom stereocenters. The minimum Gasteiger partial charge on any atom is -0.0622 e. The van der Waals surface area contributed by atoms with Crippen LogP contribution in [0.15, 0.2) is 140 Å². The van der Waals surface area contributed by atoms with E-state index in [1.807, 2.05) is 0 Å². The molecule has 2 atom stereocenters. The third kappa shape index (κ3) is 4.35. The summed E-state index contributed by atoms with van der Waals surface area (Å²) in [7, 11) is 0. The molecule has 0 aliphatic heterocycles. The van der Waals surface area contributed by atoms with Gasteiger partial charge in [-0.1, -0.05) is 161 Å². The molecule has 0 spiro atoms. The maximum Gasteiger partial charge on any atom is -0.00201 e. The van der Waals surface area contributed by atoms with Gasteiger partial charge < -0.3 is 0 Å². The lowest BCUT2D eigenvalue weighted by atomic mass is 9.77. The minimum atomic E-state index is 0.399. The summed E-state index contributed by atoms with van der Waals surface area (Å²) >= 11 is 0. The highest BCUT2D eigenvalue weighted by molar-refractivity contribution is 6.25. The van der Waals surface area contributed by atoms with Crippen molar-refractivity contribution in [1.29, 1.82) is 0 Å². The highest BCUT2D eigenvalue weighted by atomic mass is 14.6. The molecule has 1 aliphatic rings. The van der Waals surface area contributed by atoms with Crippen LogP contribution in [-0.2, 0) is 0 Å². The molecule has 0 bridgehead atoms. The summed E-state index contributed by atoms with van der Waals surface area (Å²) in [5, 5.41) is 13.4. The van der Waals surface area contributed by atoms with Crippen LogP contribution in [0.2, 0.25) is 0 Å². The van der Waals surface area contributed by atoms with Crippen molar-refractivity contribution >= 4 is 53.9 Å². The maximum absolute atomic E-state index is 2.46. The van der Waals surface area contributed by atoms with Gasteiger partial charge in [-0.15, -0.1) is 0 Å². The topological polar surface area (TPSA) is 0 Å². The maximum atomic E-state index is 2.46. The Hall–Kier alpha value is -4.94. The number of hydrogen-bond acceptors (Lipinski definition) is 0. The van der Waals surface area contributed by atoms with Crippen LogP contribution in [0.5, 0.6) is 0 Å². The Morgan fingerprint density at radius 1 is 0.489 bits per heavy atom. The van der Waals surface area contributed by atoms with Gasteiger partial charge in [0.1, 0.15) is 0 Å². The van der Waals surface area contributed by atoms with Crippen LogP contribution in [-0.4, -0.2) is 0 Å². The Balaban J connectivity index is 1.38. The molecular formula is C47H40. The molecule has 1 aliphatic carbocycles. The van der Waals surface area contributed by atoms with E-state index in [0.717, 1.165) is 0 Å². The van der Waals surface area contributed by atoms with Crippen molar-refractivity contribution in [1.82, 2.24) is 0 Å². The summed E-state index contributed by atoms with van der Waals surface area (Å²) in [6, 6.07) is 52.3. The fraction of sp³-hybridized carbons (Fsp3) is 0.191. The number of benzene rings is 8. The Kier molecular flexibility index (Phi) is 6.35.